The molecule has 0 bridgehead atoms. The first-order valence-electron chi connectivity index (χ1n) is 4.04. The summed E-state index contributed by atoms with van der Waals surface area (Å²) in [6, 6.07) is 4.42. The van der Waals surface area contributed by atoms with Gasteiger partial charge < -0.3 is 10.6 Å². The van der Waals surface area contributed by atoms with Crippen molar-refractivity contribution in [2.45, 2.75) is 0 Å². The van der Waals surface area contributed by atoms with Gasteiger partial charge in [0, 0.05) is 18.6 Å². The first-order valence-corrected chi connectivity index (χ1v) is 4.83. The Morgan fingerprint density at radius 2 is 2.21 bits per heavy atom. The van der Waals surface area contributed by atoms with E-state index in [4.69, 9.17) is 0 Å². The van der Waals surface area contributed by atoms with Crippen molar-refractivity contribution in [1.29, 1.82) is 0 Å². The maximum Gasteiger partial charge on any atom is 0.195 e. The molecule has 0 fully saturated rings. The second-order valence-electron chi connectivity index (χ2n) is 2.57. The summed E-state index contributed by atoms with van der Waals surface area (Å²) in [4.78, 5) is 3.92. The molecule has 0 aliphatic carbocycles. The van der Waals surface area contributed by atoms with Gasteiger partial charge in [-0.25, -0.2) is 4.39 Å². The molecule has 14 heavy (non-hydrogen) atoms. The largest absolute Gasteiger partial charge is 0.359 e. The molecule has 0 saturated heterocycles. The zero-order valence-electron chi connectivity index (χ0n) is 7.94. The SMILES string of the molecule is CN=C(NC)Nc1cc(F)ccc1Br. The number of benzene rings is 1. The summed E-state index contributed by atoms with van der Waals surface area (Å²) in [5.74, 6) is 0.290. The van der Waals surface area contributed by atoms with Gasteiger partial charge in [0.1, 0.15) is 5.82 Å². The minimum atomic E-state index is -0.290. The molecule has 1 rings (SSSR count). The molecule has 0 saturated carbocycles. The molecule has 0 aromatic heterocycles. The van der Waals surface area contributed by atoms with Crippen molar-refractivity contribution in [3.63, 3.8) is 0 Å². The van der Waals surface area contributed by atoms with E-state index in [1.165, 1.54) is 12.1 Å². The number of anilines is 1. The van der Waals surface area contributed by atoms with Gasteiger partial charge in [0.2, 0.25) is 0 Å². The van der Waals surface area contributed by atoms with Crippen LogP contribution in [0.1, 0.15) is 0 Å². The van der Waals surface area contributed by atoms with Crippen molar-refractivity contribution >= 4 is 27.6 Å². The van der Waals surface area contributed by atoms with E-state index in [0.717, 1.165) is 4.47 Å². The molecule has 0 aliphatic rings. The predicted octanol–water partition coefficient (Wildman–Crippen LogP) is 2.21. The van der Waals surface area contributed by atoms with Crippen LogP contribution >= 0.6 is 15.9 Å². The summed E-state index contributed by atoms with van der Waals surface area (Å²) in [5, 5.41) is 5.78. The van der Waals surface area contributed by atoms with Crippen molar-refractivity contribution in [2.24, 2.45) is 4.99 Å². The van der Waals surface area contributed by atoms with Crippen molar-refractivity contribution in [3.8, 4) is 0 Å². The summed E-state index contributed by atoms with van der Waals surface area (Å²) >= 11 is 3.31. The number of guanidine groups is 1. The van der Waals surface area contributed by atoms with Crippen LogP contribution in [0.2, 0.25) is 0 Å². The van der Waals surface area contributed by atoms with Gasteiger partial charge in [0.25, 0.3) is 0 Å². The first kappa shape index (κ1) is 11.0. The Morgan fingerprint density at radius 1 is 1.50 bits per heavy atom. The third-order valence-electron chi connectivity index (χ3n) is 1.64. The Kier molecular flexibility index (Phi) is 3.88. The monoisotopic (exact) mass is 259 g/mol. The quantitative estimate of drug-likeness (QED) is 0.600. The van der Waals surface area contributed by atoms with E-state index in [2.05, 4.69) is 31.6 Å². The Bertz CT molecular complexity index is 352. The third kappa shape index (κ3) is 2.70. The van der Waals surface area contributed by atoms with Crippen LogP contribution in [0.3, 0.4) is 0 Å². The summed E-state index contributed by atoms with van der Waals surface area (Å²) in [7, 11) is 3.38. The van der Waals surface area contributed by atoms with Crippen LogP contribution in [-0.4, -0.2) is 20.1 Å². The fourth-order valence-electron chi connectivity index (χ4n) is 0.951. The van der Waals surface area contributed by atoms with E-state index in [1.807, 2.05) is 0 Å². The van der Waals surface area contributed by atoms with E-state index in [9.17, 15) is 4.39 Å². The lowest BCUT2D eigenvalue weighted by molar-refractivity contribution is 0.628. The van der Waals surface area contributed by atoms with Crippen LogP contribution in [0.25, 0.3) is 0 Å². The van der Waals surface area contributed by atoms with Gasteiger partial charge in [-0.05, 0) is 34.1 Å². The van der Waals surface area contributed by atoms with Gasteiger partial charge in [-0.2, -0.15) is 0 Å². The molecule has 5 heteroatoms. The highest BCUT2D eigenvalue weighted by Crippen LogP contribution is 2.22. The molecule has 0 radical (unpaired) electrons. The molecule has 1 aromatic rings. The van der Waals surface area contributed by atoms with Gasteiger partial charge >= 0.3 is 0 Å². The van der Waals surface area contributed by atoms with E-state index in [1.54, 1.807) is 20.2 Å². The summed E-state index contributed by atoms with van der Waals surface area (Å²) in [6.07, 6.45) is 0. The summed E-state index contributed by atoms with van der Waals surface area (Å²) < 4.78 is 13.7. The molecule has 0 unspecified atom stereocenters. The van der Waals surface area contributed by atoms with Gasteiger partial charge in [0.15, 0.2) is 5.96 Å². The minimum Gasteiger partial charge on any atom is -0.359 e. The van der Waals surface area contributed by atoms with E-state index >= 15 is 0 Å². The molecule has 0 heterocycles. The van der Waals surface area contributed by atoms with Crippen LogP contribution in [0.4, 0.5) is 10.1 Å². The van der Waals surface area contributed by atoms with Crippen molar-refractivity contribution in [1.82, 2.24) is 5.32 Å². The topological polar surface area (TPSA) is 36.4 Å². The lowest BCUT2D eigenvalue weighted by atomic mass is 10.3. The number of nitrogens with one attached hydrogen (secondary N) is 2. The maximum absolute atomic E-state index is 12.9. The normalized spacial score (nSPS) is 11.3. The molecule has 0 aliphatic heterocycles. The van der Waals surface area contributed by atoms with E-state index in [-0.39, 0.29) is 5.82 Å². The molecule has 0 spiro atoms. The van der Waals surface area contributed by atoms with Crippen molar-refractivity contribution in [3.05, 3.63) is 28.5 Å². The fourth-order valence-corrected chi connectivity index (χ4v) is 1.30. The van der Waals surface area contributed by atoms with Crippen molar-refractivity contribution in [2.75, 3.05) is 19.4 Å². The molecule has 2 N–H and O–H groups in total. The van der Waals surface area contributed by atoms with Crippen LogP contribution in [-0.2, 0) is 0 Å². The van der Waals surface area contributed by atoms with Crippen LogP contribution in [0.15, 0.2) is 27.7 Å². The van der Waals surface area contributed by atoms with Gasteiger partial charge in [0.05, 0.1) is 5.69 Å². The highest BCUT2D eigenvalue weighted by molar-refractivity contribution is 9.10. The third-order valence-corrected chi connectivity index (χ3v) is 2.33. The van der Waals surface area contributed by atoms with Gasteiger partial charge in [-0.15, -0.1) is 0 Å². The first-order chi connectivity index (χ1) is 6.67. The Balaban J connectivity index is 2.90. The van der Waals surface area contributed by atoms with Gasteiger partial charge in [-0.1, -0.05) is 0 Å². The van der Waals surface area contributed by atoms with Gasteiger partial charge in [-0.3, -0.25) is 4.99 Å². The average molecular weight is 260 g/mol. The second-order valence-corrected chi connectivity index (χ2v) is 3.43. The zero-order chi connectivity index (χ0) is 10.6. The number of hydrogen-bond acceptors (Lipinski definition) is 1. The molecular weight excluding hydrogens is 249 g/mol. The highest BCUT2D eigenvalue weighted by atomic mass is 79.9. The number of halogens is 2. The fraction of sp³-hybridized carbons (Fsp3) is 0.222. The highest BCUT2D eigenvalue weighted by Gasteiger charge is 2.02. The number of nitrogens with zero attached hydrogens (tertiary/aromatic N) is 1. The number of aliphatic imine (C=N–C) groups is 1. The number of rotatable bonds is 1. The second kappa shape index (κ2) is 4.95. The lowest BCUT2D eigenvalue weighted by Gasteiger charge is -2.09. The average Bonchev–Trinajstić information content (AvgIpc) is 2.19. The molecule has 76 valence electrons. The van der Waals surface area contributed by atoms with Crippen LogP contribution in [0, 0.1) is 5.82 Å². The van der Waals surface area contributed by atoms with Crippen LogP contribution in [0.5, 0.6) is 0 Å². The molecule has 3 nitrogen and oxygen atoms in total. The molecule has 0 atom stereocenters. The molecule has 1 aromatic carbocycles. The Hall–Kier alpha value is -1.10. The molecule has 0 amide bonds. The smallest absolute Gasteiger partial charge is 0.195 e. The predicted molar refractivity (Wildman–Crippen MR) is 60.1 cm³/mol. The van der Waals surface area contributed by atoms with E-state index in [0.29, 0.717) is 11.6 Å². The summed E-state index contributed by atoms with van der Waals surface area (Å²) in [6.45, 7) is 0. The number of hydrogen-bond donors (Lipinski definition) is 2. The lowest BCUT2D eigenvalue weighted by Crippen LogP contribution is -2.27. The minimum absolute atomic E-state index is 0.290. The van der Waals surface area contributed by atoms with Crippen LogP contribution < -0.4 is 10.6 Å². The Morgan fingerprint density at radius 3 is 2.79 bits per heavy atom. The summed E-state index contributed by atoms with van der Waals surface area (Å²) in [5.41, 5.74) is 0.639. The zero-order valence-corrected chi connectivity index (χ0v) is 9.52. The van der Waals surface area contributed by atoms with Crippen molar-refractivity contribution < 1.29 is 4.39 Å². The maximum atomic E-state index is 12.9. The molecular formula is C9H11BrFN3. The standard InChI is InChI=1S/C9H11BrFN3/c1-12-9(13-2)14-8-5-6(11)3-4-7(8)10/h3-5H,1-2H3,(H2,12,13,14). The van der Waals surface area contributed by atoms with E-state index < -0.39 is 0 Å². The Labute approximate surface area is 90.6 Å².